The molecule has 2 nitrogen and oxygen atoms in total. The Kier molecular flexibility index (Phi) is 3.71. The van der Waals surface area contributed by atoms with E-state index < -0.39 is 0 Å². The van der Waals surface area contributed by atoms with Gasteiger partial charge >= 0.3 is 5.97 Å². The zero-order chi connectivity index (χ0) is 14.8. The van der Waals surface area contributed by atoms with Crippen molar-refractivity contribution in [1.82, 2.24) is 0 Å². The lowest BCUT2D eigenvalue weighted by Gasteiger charge is -2.05. The average molecular weight is 300 g/mol. The molecule has 0 saturated carbocycles. The molecule has 0 aliphatic carbocycles. The summed E-state index contributed by atoms with van der Waals surface area (Å²) in [5, 5.41) is 0.941. The molecule has 0 unspecified atom stereocenters. The monoisotopic (exact) mass is 300 g/mol. The highest BCUT2D eigenvalue weighted by Gasteiger charge is 2.20. The highest BCUT2D eigenvalue weighted by molar-refractivity contribution is 7.21. The van der Waals surface area contributed by atoms with Gasteiger partial charge in [0.2, 0.25) is 0 Å². The van der Waals surface area contributed by atoms with Crippen molar-refractivity contribution in [2.75, 3.05) is 6.61 Å². The number of carbonyl (C=O) groups is 1. The topological polar surface area (TPSA) is 26.3 Å². The quantitative estimate of drug-likeness (QED) is 0.644. The highest BCUT2D eigenvalue weighted by atomic mass is 32.1. The molecule has 1 aromatic heterocycles. The van der Waals surface area contributed by atoms with E-state index in [4.69, 9.17) is 4.74 Å². The number of hydrogen-bond acceptors (Lipinski definition) is 3. The first kappa shape index (κ1) is 13.8. The molecule has 2 aromatic carbocycles. The minimum Gasteiger partial charge on any atom is -0.462 e. The van der Waals surface area contributed by atoms with Crippen LogP contribution in [0.3, 0.4) is 0 Å². The third-order valence-electron chi connectivity index (χ3n) is 3.17. The van der Waals surface area contributed by atoms with Crippen LogP contribution < -0.4 is 0 Å². The first-order valence-corrected chi connectivity index (χ1v) is 7.47. The van der Waals surface area contributed by atoms with E-state index in [0.29, 0.717) is 17.0 Å². The molecule has 4 heteroatoms. The molecule has 0 saturated heterocycles. The third kappa shape index (κ3) is 2.54. The molecule has 3 rings (SSSR count). The van der Waals surface area contributed by atoms with Crippen LogP contribution in [0.2, 0.25) is 0 Å². The first-order chi connectivity index (χ1) is 10.2. The number of esters is 1. The fraction of sp³-hybridized carbons (Fsp3) is 0.118. The van der Waals surface area contributed by atoms with Gasteiger partial charge in [0.15, 0.2) is 0 Å². The summed E-state index contributed by atoms with van der Waals surface area (Å²) in [4.78, 5) is 12.7. The predicted molar refractivity (Wildman–Crippen MR) is 83.2 cm³/mol. The lowest BCUT2D eigenvalue weighted by atomic mass is 10.0. The Bertz CT molecular complexity index is 807. The smallest absolute Gasteiger partial charge is 0.348 e. The van der Waals surface area contributed by atoms with Crippen molar-refractivity contribution in [1.29, 1.82) is 0 Å². The molecule has 0 fully saturated rings. The zero-order valence-electron chi connectivity index (χ0n) is 11.4. The Morgan fingerprint density at radius 3 is 2.76 bits per heavy atom. The van der Waals surface area contributed by atoms with Crippen LogP contribution in [0.4, 0.5) is 4.39 Å². The van der Waals surface area contributed by atoms with Gasteiger partial charge in [-0.15, -0.1) is 11.3 Å². The van der Waals surface area contributed by atoms with Gasteiger partial charge in [-0.1, -0.05) is 30.3 Å². The second-order valence-corrected chi connectivity index (χ2v) is 5.59. The van der Waals surface area contributed by atoms with E-state index in [-0.39, 0.29) is 11.8 Å². The summed E-state index contributed by atoms with van der Waals surface area (Å²) in [6.07, 6.45) is 0. The molecule has 106 valence electrons. The summed E-state index contributed by atoms with van der Waals surface area (Å²) in [6, 6.07) is 14.0. The van der Waals surface area contributed by atoms with Crippen molar-refractivity contribution in [3.8, 4) is 11.1 Å². The van der Waals surface area contributed by atoms with E-state index in [2.05, 4.69) is 0 Å². The van der Waals surface area contributed by atoms with Crippen LogP contribution in [0.25, 0.3) is 21.2 Å². The lowest BCUT2D eigenvalue weighted by Crippen LogP contribution is -2.03. The molecule has 21 heavy (non-hydrogen) atoms. The van der Waals surface area contributed by atoms with Crippen molar-refractivity contribution < 1.29 is 13.9 Å². The van der Waals surface area contributed by atoms with Gasteiger partial charge in [-0.3, -0.25) is 0 Å². The number of fused-ring (bicyclic) bond motifs is 1. The molecule has 3 aromatic rings. The summed E-state index contributed by atoms with van der Waals surface area (Å²) in [6.45, 7) is 2.09. The van der Waals surface area contributed by atoms with Gasteiger partial charge in [-0.2, -0.15) is 0 Å². The fourth-order valence-corrected chi connectivity index (χ4v) is 3.44. The third-order valence-corrected chi connectivity index (χ3v) is 4.32. The van der Waals surface area contributed by atoms with Gasteiger partial charge < -0.3 is 4.74 Å². The largest absolute Gasteiger partial charge is 0.462 e. The zero-order valence-corrected chi connectivity index (χ0v) is 12.2. The number of rotatable bonds is 3. The highest BCUT2D eigenvalue weighted by Crippen LogP contribution is 2.39. The Morgan fingerprint density at radius 2 is 2.00 bits per heavy atom. The van der Waals surface area contributed by atoms with Gasteiger partial charge in [0.05, 0.1) is 6.61 Å². The number of benzene rings is 2. The maximum absolute atomic E-state index is 13.5. The van der Waals surface area contributed by atoms with E-state index >= 15 is 0 Å². The normalized spacial score (nSPS) is 10.8. The second-order valence-electron chi connectivity index (χ2n) is 4.53. The molecular weight excluding hydrogens is 287 g/mol. The van der Waals surface area contributed by atoms with Crippen LogP contribution in [-0.4, -0.2) is 12.6 Å². The first-order valence-electron chi connectivity index (χ1n) is 6.65. The summed E-state index contributed by atoms with van der Waals surface area (Å²) in [5.41, 5.74) is 1.43. The summed E-state index contributed by atoms with van der Waals surface area (Å²) >= 11 is 1.38. The SMILES string of the molecule is CCOC(=O)c1sc2ccccc2c1-c1cccc(F)c1. The van der Waals surface area contributed by atoms with Crippen LogP contribution in [0.1, 0.15) is 16.6 Å². The lowest BCUT2D eigenvalue weighted by molar-refractivity contribution is 0.0533. The molecule has 0 spiro atoms. The van der Waals surface area contributed by atoms with Crippen molar-refractivity contribution in [3.05, 3.63) is 59.2 Å². The van der Waals surface area contributed by atoms with Crippen LogP contribution >= 0.6 is 11.3 Å². The van der Waals surface area contributed by atoms with E-state index in [1.54, 1.807) is 19.1 Å². The van der Waals surface area contributed by atoms with Crippen molar-refractivity contribution in [2.45, 2.75) is 6.92 Å². The van der Waals surface area contributed by atoms with Crippen LogP contribution in [0.15, 0.2) is 48.5 Å². The minimum atomic E-state index is -0.363. The number of halogens is 1. The van der Waals surface area contributed by atoms with Gasteiger partial charge in [-0.25, -0.2) is 9.18 Å². The molecule has 0 aliphatic rings. The number of carbonyl (C=O) groups excluding carboxylic acids is 1. The van der Waals surface area contributed by atoms with Crippen molar-refractivity contribution in [2.24, 2.45) is 0 Å². The maximum Gasteiger partial charge on any atom is 0.348 e. The van der Waals surface area contributed by atoms with Crippen LogP contribution in [0, 0.1) is 5.82 Å². The number of thiophene rings is 1. The molecule has 0 radical (unpaired) electrons. The second kappa shape index (κ2) is 5.66. The van der Waals surface area contributed by atoms with E-state index in [1.807, 2.05) is 24.3 Å². The average Bonchev–Trinajstić information content (AvgIpc) is 2.87. The fourth-order valence-electron chi connectivity index (χ4n) is 2.32. The number of ether oxygens (including phenoxy) is 1. The molecule has 1 heterocycles. The Balaban J connectivity index is 2.27. The molecule has 0 N–H and O–H groups in total. The summed E-state index contributed by atoms with van der Waals surface area (Å²) < 4.78 is 19.6. The minimum absolute atomic E-state index is 0.315. The standard InChI is InChI=1S/C17H13FO2S/c1-2-20-17(19)16-15(11-6-5-7-12(18)10-11)13-8-3-4-9-14(13)21-16/h3-10H,2H2,1H3. The predicted octanol–water partition coefficient (Wildman–Crippen LogP) is 4.88. The Hall–Kier alpha value is -2.20. The van der Waals surface area contributed by atoms with Gasteiger partial charge in [0.1, 0.15) is 10.7 Å². The van der Waals surface area contributed by atoms with Crippen molar-refractivity contribution in [3.63, 3.8) is 0 Å². The molecule has 0 atom stereocenters. The molecule has 0 aliphatic heterocycles. The van der Waals surface area contributed by atoms with Gasteiger partial charge in [0, 0.05) is 15.6 Å². The van der Waals surface area contributed by atoms with Gasteiger partial charge in [0.25, 0.3) is 0 Å². The Morgan fingerprint density at radius 1 is 1.19 bits per heavy atom. The Labute approximate surface area is 125 Å². The van der Waals surface area contributed by atoms with Gasteiger partial charge in [-0.05, 0) is 30.7 Å². The molecule has 0 bridgehead atoms. The van der Waals surface area contributed by atoms with Crippen molar-refractivity contribution >= 4 is 27.4 Å². The van der Waals surface area contributed by atoms with Crippen LogP contribution in [-0.2, 0) is 4.74 Å². The van der Waals surface area contributed by atoms with E-state index in [9.17, 15) is 9.18 Å². The summed E-state index contributed by atoms with van der Waals surface area (Å²) in [7, 11) is 0. The maximum atomic E-state index is 13.5. The summed E-state index contributed by atoms with van der Waals surface area (Å²) in [5.74, 6) is -0.685. The van der Waals surface area contributed by atoms with E-state index in [0.717, 1.165) is 15.6 Å². The number of hydrogen-bond donors (Lipinski definition) is 0. The molecule has 0 amide bonds. The van der Waals surface area contributed by atoms with E-state index in [1.165, 1.54) is 23.5 Å². The van der Waals surface area contributed by atoms with Crippen LogP contribution in [0.5, 0.6) is 0 Å². The molecular formula is C17H13FO2S.